The predicted molar refractivity (Wildman–Crippen MR) is 41.5 cm³/mol. The van der Waals surface area contributed by atoms with Crippen LogP contribution in [0.3, 0.4) is 0 Å². The van der Waals surface area contributed by atoms with Crippen molar-refractivity contribution in [2.45, 2.75) is 19.8 Å². The van der Waals surface area contributed by atoms with Crippen LogP contribution < -0.4 is 0 Å². The van der Waals surface area contributed by atoms with E-state index in [2.05, 4.69) is 4.98 Å². The van der Waals surface area contributed by atoms with Crippen LogP contribution in [0.2, 0.25) is 0 Å². The van der Waals surface area contributed by atoms with Crippen LogP contribution in [0.1, 0.15) is 17.7 Å². The van der Waals surface area contributed by atoms with Crippen LogP contribution in [0.15, 0.2) is 12.3 Å². The topological polar surface area (TPSA) is 53.1 Å². The molecule has 1 aromatic heterocycles. The van der Waals surface area contributed by atoms with Gasteiger partial charge in [-0.15, -0.1) is 0 Å². The molecule has 0 atom stereocenters. The highest BCUT2D eigenvalue weighted by Crippen LogP contribution is 2.06. The zero-order chi connectivity index (χ0) is 8.27. The maximum Gasteiger partial charge on any atom is 0.303 e. The average molecular weight is 153 g/mol. The van der Waals surface area contributed by atoms with Crippen LogP contribution in [0.4, 0.5) is 0 Å². The van der Waals surface area contributed by atoms with E-state index in [9.17, 15) is 4.79 Å². The van der Waals surface area contributed by atoms with Crippen LogP contribution in [0, 0.1) is 6.92 Å². The molecule has 1 heterocycles. The van der Waals surface area contributed by atoms with Gasteiger partial charge in [0.1, 0.15) is 0 Å². The second-order valence-electron chi connectivity index (χ2n) is 2.53. The minimum Gasteiger partial charge on any atom is -0.481 e. The Morgan fingerprint density at radius 2 is 2.45 bits per heavy atom. The zero-order valence-electron chi connectivity index (χ0n) is 6.42. The summed E-state index contributed by atoms with van der Waals surface area (Å²) in [6, 6.07) is 1.94. The molecule has 11 heavy (non-hydrogen) atoms. The third kappa shape index (κ3) is 2.11. The Labute approximate surface area is 65.1 Å². The number of carboxylic acids is 1. The summed E-state index contributed by atoms with van der Waals surface area (Å²) in [5, 5.41) is 8.39. The molecule has 0 aliphatic carbocycles. The first-order valence-electron chi connectivity index (χ1n) is 3.55. The van der Waals surface area contributed by atoms with Gasteiger partial charge in [0.25, 0.3) is 0 Å². The summed E-state index contributed by atoms with van der Waals surface area (Å²) in [7, 11) is 0. The minimum atomic E-state index is -0.751. The molecular formula is C8H11NO2. The maximum absolute atomic E-state index is 10.2. The highest BCUT2D eigenvalue weighted by atomic mass is 16.4. The van der Waals surface area contributed by atoms with Gasteiger partial charge in [-0.05, 0) is 25.0 Å². The Kier molecular flexibility index (Phi) is 2.31. The lowest BCUT2D eigenvalue weighted by Crippen LogP contribution is -1.98. The first kappa shape index (κ1) is 7.85. The Bertz CT molecular complexity index is 252. The van der Waals surface area contributed by atoms with Gasteiger partial charge < -0.3 is 10.1 Å². The van der Waals surface area contributed by atoms with Crippen LogP contribution in [-0.4, -0.2) is 16.1 Å². The SMILES string of the molecule is Cc1cc[nH]c1CCC(=O)O. The first-order chi connectivity index (χ1) is 5.20. The molecule has 0 amide bonds. The quantitative estimate of drug-likeness (QED) is 0.688. The van der Waals surface area contributed by atoms with Crippen molar-refractivity contribution in [3.8, 4) is 0 Å². The summed E-state index contributed by atoms with van der Waals surface area (Å²) in [6.45, 7) is 1.97. The molecule has 0 fully saturated rings. The normalized spacial score (nSPS) is 9.91. The fourth-order valence-corrected chi connectivity index (χ4v) is 0.983. The third-order valence-electron chi connectivity index (χ3n) is 1.66. The molecule has 60 valence electrons. The van der Waals surface area contributed by atoms with E-state index in [-0.39, 0.29) is 6.42 Å². The Balaban J connectivity index is 2.51. The standard InChI is InChI=1S/C8H11NO2/c1-6-4-5-9-7(6)2-3-8(10)11/h4-5,9H,2-3H2,1H3,(H,10,11). The summed E-state index contributed by atoms with van der Waals surface area (Å²) in [6.07, 6.45) is 2.61. The van der Waals surface area contributed by atoms with E-state index in [1.165, 1.54) is 0 Å². The Morgan fingerprint density at radius 3 is 2.91 bits per heavy atom. The van der Waals surface area contributed by atoms with Crippen LogP contribution in [0.5, 0.6) is 0 Å². The molecule has 3 nitrogen and oxygen atoms in total. The van der Waals surface area contributed by atoms with Gasteiger partial charge in [-0.1, -0.05) is 0 Å². The van der Waals surface area contributed by atoms with Gasteiger partial charge >= 0.3 is 5.97 Å². The van der Waals surface area contributed by atoms with Gasteiger partial charge in [0.05, 0.1) is 6.42 Å². The molecule has 0 spiro atoms. The van der Waals surface area contributed by atoms with Gasteiger partial charge in [0.2, 0.25) is 0 Å². The number of nitrogens with one attached hydrogen (secondary N) is 1. The molecule has 1 rings (SSSR count). The van der Waals surface area contributed by atoms with Crippen molar-refractivity contribution in [1.29, 1.82) is 0 Å². The average Bonchev–Trinajstić information content (AvgIpc) is 2.31. The van der Waals surface area contributed by atoms with E-state index in [1.807, 2.05) is 19.2 Å². The fraction of sp³-hybridized carbons (Fsp3) is 0.375. The van der Waals surface area contributed by atoms with E-state index < -0.39 is 5.97 Å². The van der Waals surface area contributed by atoms with Crippen molar-refractivity contribution in [3.63, 3.8) is 0 Å². The number of hydrogen-bond acceptors (Lipinski definition) is 1. The summed E-state index contributed by atoms with van der Waals surface area (Å²) < 4.78 is 0. The Morgan fingerprint density at radius 1 is 1.73 bits per heavy atom. The molecule has 2 N–H and O–H groups in total. The van der Waals surface area contributed by atoms with Crippen molar-refractivity contribution in [3.05, 3.63) is 23.5 Å². The minimum absolute atomic E-state index is 0.196. The van der Waals surface area contributed by atoms with E-state index in [0.717, 1.165) is 11.3 Å². The zero-order valence-corrected chi connectivity index (χ0v) is 6.42. The van der Waals surface area contributed by atoms with E-state index >= 15 is 0 Å². The molecule has 1 aromatic rings. The Hall–Kier alpha value is -1.25. The highest BCUT2D eigenvalue weighted by molar-refractivity contribution is 5.67. The van der Waals surface area contributed by atoms with E-state index in [1.54, 1.807) is 0 Å². The molecule has 0 unspecified atom stereocenters. The second kappa shape index (κ2) is 3.23. The summed E-state index contributed by atoms with van der Waals surface area (Å²) >= 11 is 0. The van der Waals surface area contributed by atoms with Crippen LogP contribution in [0.25, 0.3) is 0 Å². The van der Waals surface area contributed by atoms with Gasteiger partial charge in [-0.25, -0.2) is 0 Å². The van der Waals surface area contributed by atoms with Crippen LogP contribution in [-0.2, 0) is 11.2 Å². The smallest absolute Gasteiger partial charge is 0.303 e. The largest absolute Gasteiger partial charge is 0.481 e. The maximum atomic E-state index is 10.2. The van der Waals surface area contributed by atoms with Gasteiger partial charge in [-0.3, -0.25) is 4.79 Å². The summed E-state index contributed by atoms with van der Waals surface area (Å²) in [5.74, 6) is -0.751. The van der Waals surface area contributed by atoms with Crippen molar-refractivity contribution < 1.29 is 9.90 Å². The lowest BCUT2D eigenvalue weighted by atomic mass is 10.2. The number of hydrogen-bond donors (Lipinski definition) is 2. The summed E-state index contributed by atoms with van der Waals surface area (Å²) in [4.78, 5) is 13.2. The highest BCUT2D eigenvalue weighted by Gasteiger charge is 2.01. The lowest BCUT2D eigenvalue weighted by Gasteiger charge is -1.95. The molecule has 0 aromatic carbocycles. The fourth-order valence-electron chi connectivity index (χ4n) is 0.983. The monoisotopic (exact) mass is 153 g/mol. The second-order valence-corrected chi connectivity index (χ2v) is 2.53. The van der Waals surface area contributed by atoms with Gasteiger partial charge in [0.15, 0.2) is 0 Å². The van der Waals surface area contributed by atoms with Crippen molar-refractivity contribution in [1.82, 2.24) is 4.98 Å². The number of carboxylic acid groups (broad SMARTS) is 1. The molecule has 0 saturated carbocycles. The van der Waals surface area contributed by atoms with Crippen molar-refractivity contribution in [2.75, 3.05) is 0 Å². The first-order valence-corrected chi connectivity index (χ1v) is 3.55. The number of aliphatic carboxylic acids is 1. The predicted octanol–water partition coefficient (Wildman–Crippen LogP) is 1.34. The molecule has 0 bridgehead atoms. The molecular weight excluding hydrogens is 142 g/mol. The van der Waals surface area contributed by atoms with Gasteiger partial charge in [0, 0.05) is 11.9 Å². The van der Waals surface area contributed by atoms with Crippen LogP contribution >= 0.6 is 0 Å². The van der Waals surface area contributed by atoms with Crippen molar-refractivity contribution in [2.24, 2.45) is 0 Å². The number of aromatic nitrogens is 1. The summed E-state index contributed by atoms with van der Waals surface area (Å²) in [5.41, 5.74) is 2.15. The van der Waals surface area contributed by atoms with E-state index in [4.69, 9.17) is 5.11 Å². The molecule has 0 saturated heterocycles. The van der Waals surface area contributed by atoms with Crippen molar-refractivity contribution >= 4 is 5.97 Å². The number of carbonyl (C=O) groups is 1. The molecule has 0 radical (unpaired) electrons. The number of aryl methyl sites for hydroxylation is 2. The molecule has 0 aliphatic rings. The number of rotatable bonds is 3. The third-order valence-corrected chi connectivity index (χ3v) is 1.66. The molecule has 3 heteroatoms. The number of aromatic amines is 1. The van der Waals surface area contributed by atoms with E-state index in [0.29, 0.717) is 6.42 Å². The lowest BCUT2D eigenvalue weighted by molar-refractivity contribution is -0.136. The van der Waals surface area contributed by atoms with Gasteiger partial charge in [-0.2, -0.15) is 0 Å². The number of H-pyrrole nitrogens is 1. The molecule has 0 aliphatic heterocycles.